The van der Waals surface area contributed by atoms with Crippen molar-refractivity contribution in [1.82, 2.24) is 0 Å². The molecule has 0 aromatic rings. The topological polar surface area (TPSA) is 0 Å². The van der Waals surface area contributed by atoms with Gasteiger partial charge in [0.25, 0.3) is 0 Å². The molecule has 0 aliphatic rings. The first-order chi connectivity index (χ1) is 6.76. The fourth-order valence-electron chi connectivity index (χ4n) is 1.70. The molecule has 0 bridgehead atoms. The van der Waals surface area contributed by atoms with E-state index >= 15 is 0 Å². The Kier molecular flexibility index (Phi) is 8.50. The third-order valence-electron chi connectivity index (χ3n) is 2.79. The van der Waals surface area contributed by atoms with Crippen LogP contribution in [0.2, 0.25) is 0 Å². The maximum Gasteiger partial charge on any atom is -1.00 e. The Bertz CT molecular complexity index is 209. The molecule has 0 aliphatic heterocycles. The fraction of sp³-hybridized carbons (Fsp3) is 1.00. The molecule has 0 N–H and O–H groups in total. The largest absolute Gasteiger partial charge is 1.00 e. The fourth-order valence-corrected chi connectivity index (χ4v) is 9.25. The standard InChI is InChI=1S/C13H30BP2.HI/c1-11(2,3)15(10)14-16(12(4,5)6)13(7,8)9;/h1-10H3;1H/q+1;/p-1/t15-;/m1./s1. The summed E-state index contributed by atoms with van der Waals surface area (Å²) >= 11 is 0. The third kappa shape index (κ3) is 7.73. The van der Waals surface area contributed by atoms with E-state index in [0.717, 1.165) is 0 Å². The molecule has 0 unspecified atom stereocenters. The van der Waals surface area contributed by atoms with Crippen molar-refractivity contribution in [3.05, 3.63) is 0 Å². The SMILES string of the molecule is C[P@@]([B+]P(C(C)(C)C)C(C)(C)C)C(C)(C)C.[I-]. The molecule has 0 saturated heterocycles. The number of hydrogen-bond acceptors (Lipinski definition) is 0. The molecule has 102 valence electrons. The summed E-state index contributed by atoms with van der Waals surface area (Å²) in [5.41, 5.74) is 0. The van der Waals surface area contributed by atoms with Crippen molar-refractivity contribution in [3.8, 4) is 0 Å². The first kappa shape index (κ1) is 21.0. The summed E-state index contributed by atoms with van der Waals surface area (Å²) in [4.78, 5) is 0. The summed E-state index contributed by atoms with van der Waals surface area (Å²) in [5, 5.41) is 1.30. The summed E-state index contributed by atoms with van der Waals surface area (Å²) in [6.45, 7) is 26.6. The Morgan fingerprint density at radius 3 is 1.12 bits per heavy atom. The van der Waals surface area contributed by atoms with Crippen molar-refractivity contribution < 1.29 is 24.0 Å². The van der Waals surface area contributed by atoms with Crippen LogP contribution in [0.3, 0.4) is 0 Å². The summed E-state index contributed by atoms with van der Waals surface area (Å²) in [7, 11) is -0.0284. The van der Waals surface area contributed by atoms with Gasteiger partial charge in [-0.1, -0.05) is 0 Å². The van der Waals surface area contributed by atoms with Gasteiger partial charge in [0.2, 0.25) is 0 Å². The summed E-state index contributed by atoms with van der Waals surface area (Å²) in [6, 6.07) is 0. The monoisotopic (exact) mass is 386 g/mol. The Morgan fingerprint density at radius 1 is 0.647 bits per heavy atom. The Labute approximate surface area is 130 Å². The van der Waals surface area contributed by atoms with Gasteiger partial charge in [0.15, 0.2) is 0 Å². The Morgan fingerprint density at radius 2 is 0.941 bits per heavy atom. The van der Waals surface area contributed by atoms with Gasteiger partial charge in [0, 0.05) is 0 Å². The molecule has 0 aromatic carbocycles. The predicted octanol–water partition coefficient (Wildman–Crippen LogP) is 2.51. The summed E-state index contributed by atoms with van der Waals surface area (Å²) < 4.78 is 0. The number of hydrogen-bond donors (Lipinski definition) is 0. The van der Waals surface area contributed by atoms with Gasteiger partial charge < -0.3 is 24.0 Å². The molecule has 17 heavy (non-hydrogen) atoms. The van der Waals surface area contributed by atoms with Gasteiger partial charge in [-0.3, -0.25) is 0 Å². The maximum atomic E-state index is 2.71. The van der Waals surface area contributed by atoms with E-state index in [0.29, 0.717) is 15.5 Å². The van der Waals surface area contributed by atoms with Crippen molar-refractivity contribution in [3.63, 3.8) is 0 Å². The van der Waals surface area contributed by atoms with Gasteiger partial charge in [-0.15, -0.1) is 0 Å². The van der Waals surface area contributed by atoms with E-state index in [-0.39, 0.29) is 39.6 Å². The average molecular weight is 386 g/mol. The van der Waals surface area contributed by atoms with E-state index in [1.807, 2.05) is 0 Å². The van der Waals surface area contributed by atoms with Crippen LogP contribution < -0.4 is 24.0 Å². The first-order valence-corrected chi connectivity index (χ1v) is 9.40. The molecule has 0 rings (SSSR count). The minimum absolute atomic E-state index is 0. The number of rotatable bonds is 2. The minimum Gasteiger partial charge on any atom is -1.00 e. The van der Waals surface area contributed by atoms with E-state index in [1.165, 1.54) is 0 Å². The molecule has 4 heteroatoms. The Hall–Kier alpha value is 1.65. The van der Waals surface area contributed by atoms with Crippen molar-refractivity contribution in [2.75, 3.05) is 6.66 Å². The zero-order chi connectivity index (χ0) is 13.4. The second-order valence-electron chi connectivity index (χ2n) is 7.61. The minimum atomic E-state index is -0.0426. The molecule has 1 atom stereocenters. The van der Waals surface area contributed by atoms with Crippen LogP contribution in [0.4, 0.5) is 0 Å². The molecule has 0 amide bonds. The van der Waals surface area contributed by atoms with E-state index in [4.69, 9.17) is 0 Å². The predicted molar refractivity (Wildman–Crippen MR) is 84.8 cm³/mol. The van der Waals surface area contributed by atoms with Crippen LogP contribution in [0.25, 0.3) is 0 Å². The van der Waals surface area contributed by atoms with E-state index in [2.05, 4.69) is 75.7 Å². The van der Waals surface area contributed by atoms with Crippen LogP contribution in [0, 0.1) is 0 Å². The van der Waals surface area contributed by atoms with E-state index in [1.54, 1.807) is 0 Å². The first-order valence-electron chi connectivity index (χ1n) is 6.13. The smallest absolute Gasteiger partial charge is 1.00 e. The van der Waals surface area contributed by atoms with E-state index < -0.39 is 0 Å². The molecule has 0 fully saturated rings. The zero-order valence-corrected chi connectivity index (χ0v) is 17.3. The molecule has 0 aromatic heterocycles. The average Bonchev–Trinajstić information content (AvgIpc) is 1.92. The van der Waals surface area contributed by atoms with Crippen LogP contribution in [-0.2, 0) is 0 Å². The van der Waals surface area contributed by atoms with E-state index in [9.17, 15) is 0 Å². The summed E-state index contributed by atoms with van der Waals surface area (Å²) in [5.74, 6) is 0. The summed E-state index contributed by atoms with van der Waals surface area (Å²) in [6.07, 6.45) is 0. The van der Waals surface area contributed by atoms with Crippen LogP contribution >= 0.6 is 15.6 Å². The van der Waals surface area contributed by atoms with Gasteiger partial charge in [-0.25, -0.2) is 0 Å². The van der Waals surface area contributed by atoms with Gasteiger partial charge in [0.1, 0.15) is 0 Å². The van der Waals surface area contributed by atoms with Crippen molar-refractivity contribution in [2.45, 2.75) is 77.8 Å². The van der Waals surface area contributed by atoms with Crippen LogP contribution in [0.5, 0.6) is 0 Å². The zero-order valence-electron chi connectivity index (χ0n) is 13.3. The molecular formula is C13H30BIP2. The van der Waals surface area contributed by atoms with Crippen molar-refractivity contribution in [2.24, 2.45) is 0 Å². The molecule has 0 saturated carbocycles. The molecule has 0 aliphatic carbocycles. The van der Waals surface area contributed by atoms with Gasteiger partial charge in [0.05, 0.1) is 0 Å². The number of halogens is 1. The quantitative estimate of drug-likeness (QED) is 0.389. The van der Waals surface area contributed by atoms with Crippen LogP contribution in [0.1, 0.15) is 62.3 Å². The molecule has 0 spiro atoms. The van der Waals surface area contributed by atoms with Crippen LogP contribution in [0.15, 0.2) is 0 Å². The molecular weight excluding hydrogens is 356 g/mol. The van der Waals surface area contributed by atoms with Crippen molar-refractivity contribution in [1.29, 1.82) is 0 Å². The third-order valence-corrected chi connectivity index (χ3v) is 10.1. The molecule has 0 heterocycles. The second kappa shape index (κ2) is 6.89. The van der Waals surface area contributed by atoms with Gasteiger partial charge in [-0.2, -0.15) is 0 Å². The van der Waals surface area contributed by atoms with Gasteiger partial charge in [-0.05, 0) is 0 Å². The molecule has 0 nitrogen and oxygen atoms in total. The Balaban J connectivity index is 0. The van der Waals surface area contributed by atoms with Crippen molar-refractivity contribution >= 4 is 22.3 Å². The van der Waals surface area contributed by atoms with Crippen LogP contribution in [-0.4, -0.2) is 28.9 Å². The van der Waals surface area contributed by atoms with Gasteiger partial charge >= 0.3 is 107 Å². The molecule has 0 radical (unpaired) electrons. The normalized spacial score (nSPS) is 15.2. The second-order valence-corrected chi connectivity index (χ2v) is 14.5. The maximum absolute atomic E-state index is 2.71.